The SMILES string of the molecule is COc1c(Cl)ccc(Cl)c1C(=O)Nc1cccc(Nc2nc(C)cc(C)n2)c1. The Bertz CT molecular complexity index is 1020. The molecular formula is C20H18Cl2N4O2. The summed E-state index contributed by atoms with van der Waals surface area (Å²) >= 11 is 12.3. The first kappa shape index (κ1) is 19.9. The molecule has 0 radical (unpaired) electrons. The highest BCUT2D eigenvalue weighted by Gasteiger charge is 2.19. The zero-order valence-electron chi connectivity index (χ0n) is 15.5. The third kappa shape index (κ3) is 4.52. The Morgan fingerprint density at radius 3 is 2.29 bits per heavy atom. The molecule has 2 N–H and O–H groups in total. The van der Waals surface area contributed by atoms with Crippen LogP contribution in [0, 0.1) is 13.8 Å². The van der Waals surface area contributed by atoms with E-state index in [1.807, 2.05) is 26.0 Å². The van der Waals surface area contributed by atoms with Crippen LogP contribution in [-0.2, 0) is 0 Å². The van der Waals surface area contributed by atoms with Crippen molar-refractivity contribution in [3.63, 3.8) is 0 Å². The van der Waals surface area contributed by atoms with E-state index in [2.05, 4.69) is 20.6 Å². The average molecular weight is 417 g/mol. The third-order valence-electron chi connectivity index (χ3n) is 3.85. The van der Waals surface area contributed by atoms with Crippen molar-refractivity contribution in [1.82, 2.24) is 9.97 Å². The van der Waals surface area contributed by atoms with Gasteiger partial charge in [-0.3, -0.25) is 4.79 Å². The van der Waals surface area contributed by atoms with Crippen LogP contribution >= 0.6 is 23.2 Å². The predicted molar refractivity (Wildman–Crippen MR) is 112 cm³/mol. The van der Waals surface area contributed by atoms with E-state index in [4.69, 9.17) is 27.9 Å². The van der Waals surface area contributed by atoms with Crippen molar-refractivity contribution in [1.29, 1.82) is 0 Å². The Balaban J connectivity index is 1.84. The van der Waals surface area contributed by atoms with Crippen LogP contribution in [0.5, 0.6) is 5.75 Å². The van der Waals surface area contributed by atoms with Crippen LogP contribution in [0.3, 0.4) is 0 Å². The highest BCUT2D eigenvalue weighted by atomic mass is 35.5. The van der Waals surface area contributed by atoms with Gasteiger partial charge in [0.25, 0.3) is 5.91 Å². The summed E-state index contributed by atoms with van der Waals surface area (Å²) < 4.78 is 5.23. The number of halogens is 2. The van der Waals surface area contributed by atoms with Gasteiger partial charge < -0.3 is 15.4 Å². The van der Waals surface area contributed by atoms with Gasteiger partial charge in [0.15, 0.2) is 5.75 Å². The number of ether oxygens (including phenoxy) is 1. The van der Waals surface area contributed by atoms with E-state index in [-0.39, 0.29) is 16.3 Å². The number of rotatable bonds is 5. The van der Waals surface area contributed by atoms with Gasteiger partial charge in [-0.2, -0.15) is 0 Å². The van der Waals surface area contributed by atoms with Crippen molar-refractivity contribution in [3.8, 4) is 5.75 Å². The molecule has 0 aliphatic rings. The smallest absolute Gasteiger partial charge is 0.261 e. The van der Waals surface area contributed by atoms with Crippen LogP contribution in [-0.4, -0.2) is 23.0 Å². The van der Waals surface area contributed by atoms with Gasteiger partial charge in [-0.1, -0.05) is 29.3 Å². The normalized spacial score (nSPS) is 10.5. The molecule has 0 aliphatic carbocycles. The van der Waals surface area contributed by atoms with Gasteiger partial charge in [-0.25, -0.2) is 9.97 Å². The highest BCUT2D eigenvalue weighted by molar-refractivity contribution is 6.37. The van der Waals surface area contributed by atoms with Crippen molar-refractivity contribution in [2.24, 2.45) is 0 Å². The van der Waals surface area contributed by atoms with E-state index in [9.17, 15) is 4.79 Å². The minimum atomic E-state index is -0.427. The molecule has 0 spiro atoms. The molecule has 8 heteroatoms. The number of hydrogen-bond acceptors (Lipinski definition) is 5. The molecule has 1 amide bonds. The number of methoxy groups -OCH3 is 1. The Hall–Kier alpha value is -2.83. The minimum Gasteiger partial charge on any atom is -0.494 e. The molecule has 3 aromatic rings. The molecule has 1 heterocycles. The molecule has 0 unspecified atom stereocenters. The minimum absolute atomic E-state index is 0.174. The maximum Gasteiger partial charge on any atom is 0.261 e. The number of benzene rings is 2. The van der Waals surface area contributed by atoms with Crippen molar-refractivity contribution < 1.29 is 9.53 Å². The van der Waals surface area contributed by atoms with Crippen molar-refractivity contribution >= 4 is 46.4 Å². The lowest BCUT2D eigenvalue weighted by Gasteiger charge is -2.13. The van der Waals surface area contributed by atoms with Crippen LogP contribution in [0.25, 0.3) is 0 Å². The van der Waals surface area contributed by atoms with Gasteiger partial charge in [0, 0.05) is 22.8 Å². The van der Waals surface area contributed by atoms with Crippen LogP contribution in [0.1, 0.15) is 21.7 Å². The Morgan fingerprint density at radius 2 is 1.61 bits per heavy atom. The lowest BCUT2D eigenvalue weighted by atomic mass is 10.1. The first-order chi connectivity index (χ1) is 13.4. The van der Waals surface area contributed by atoms with Crippen molar-refractivity contribution in [2.45, 2.75) is 13.8 Å². The number of nitrogens with one attached hydrogen (secondary N) is 2. The summed E-state index contributed by atoms with van der Waals surface area (Å²) in [6.07, 6.45) is 0. The largest absolute Gasteiger partial charge is 0.494 e. The zero-order valence-corrected chi connectivity index (χ0v) is 17.0. The summed E-state index contributed by atoms with van der Waals surface area (Å²) in [4.78, 5) is 21.5. The molecule has 144 valence electrons. The van der Waals surface area contributed by atoms with Gasteiger partial charge >= 0.3 is 0 Å². The fourth-order valence-corrected chi connectivity index (χ4v) is 3.19. The summed E-state index contributed by atoms with van der Waals surface area (Å²) in [5, 5.41) is 6.50. The molecule has 0 fully saturated rings. The van der Waals surface area contributed by atoms with Gasteiger partial charge in [0.2, 0.25) is 5.95 Å². The quantitative estimate of drug-likeness (QED) is 0.581. The molecular weight excluding hydrogens is 399 g/mol. The summed E-state index contributed by atoms with van der Waals surface area (Å²) in [7, 11) is 1.43. The Morgan fingerprint density at radius 1 is 0.964 bits per heavy atom. The number of carbonyl (C=O) groups excluding carboxylic acids is 1. The molecule has 3 rings (SSSR count). The third-order valence-corrected chi connectivity index (χ3v) is 4.46. The Labute approximate surface area is 172 Å². The van der Waals surface area contributed by atoms with E-state index >= 15 is 0 Å². The average Bonchev–Trinajstić information content (AvgIpc) is 2.62. The van der Waals surface area contributed by atoms with Gasteiger partial charge in [-0.05, 0) is 50.2 Å². The standard InChI is InChI=1S/C20H18Cl2N4O2/c1-11-9-12(2)24-20(23-11)26-14-6-4-5-13(10-14)25-19(27)17-15(21)7-8-16(22)18(17)28-3/h4-10H,1-3H3,(H,25,27)(H,23,24,26). The van der Waals surface area contributed by atoms with Crippen LogP contribution in [0.15, 0.2) is 42.5 Å². The molecule has 0 saturated heterocycles. The first-order valence-corrected chi connectivity index (χ1v) is 9.15. The van der Waals surface area contributed by atoms with E-state index in [1.165, 1.54) is 7.11 Å². The fraction of sp³-hybridized carbons (Fsp3) is 0.150. The highest BCUT2D eigenvalue weighted by Crippen LogP contribution is 2.34. The zero-order chi connectivity index (χ0) is 20.3. The maximum atomic E-state index is 12.7. The Kier molecular flexibility index (Phi) is 6.02. The van der Waals surface area contributed by atoms with E-state index in [0.29, 0.717) is 16.7 Å². The van der Waals surface area contributed by atoms with E-state index < -0.39 is 5.91 Å². The summed E-state index contributed by atoms with van der Waals surface area (Å²) in [5.74, 6) is 0.286. The number of anilines is 3. The number of amides is 1. The summed E-state index contributed by atoms with van der Waals surface area (Å²) in [6, 6.07) is 12.2. The maximum absolute atomic E-state index is 12.7. The van der Waals surface area contributed by atoms with Crippen molar-refractivity contribution in [2.75, 3.05) is 17.7 Å². The molecule has 28 heavy (non-hydrogen) atoms. The van der Waals surface area contributed by atoms with Crippen LogP contribution in [0.4, 0.5) is 17.3 Å². The van der Waals surface area contributed by atoms with Gasteiger partial charge in [-0.15, -0.1) is 0 Å². The molecule has 1 aromatic heterocycles. The second-order valence-corrected chi connectivity index (χ2v) is 6.89. The molecule has 0 atom stereocenters. The van der Waals surface area contributed by atoms with E-state index in [1.54, 1.807) is 30.3 Å². The monoisotopic (exact) mass is 416 g/mol. The molecule has 0 saturated carbocycles. The second kappa shape index (κ2) is 8.46. The number of nitrogens with zero attached hydrogens (tertiary/aromatic N) is 2. The predicted octanol–water partition coefficient (Wildman–Crippen LogP) is 5.40. The molecule has 0 aliphatic heterocycles. The lowest BCUT2D eigenvalue weighted by molar-refractivity contribution is 0.102. The van der Waals surface area contributed by atoms with E-state index in [0.717, 1.165) is 17.1 Å². The summed E-state index contributed by atoms with van der Waals surface area (Å²) in [5.41, 5.74) is 3.20. The number of aryl methyl sites for hydroxylation is 2. The lowest BCUT2D eigenvalue weighted by Crippen LogP contribution is -2.14. The second-order valence-electron chi connectivity index (χ2n) is 6.07. The topological polar surface area (TPSA) is 76.1 Å². The van der Waals surface area contributed by atoms with Gasteiger partial charge in [0.1, 0.15) is 5.56 Å². The molecule has 6 nitrogen and oxygen atoms in total. The fourth-order valence-electron chi connectivity index (χ4n) is 2.72. The first-order valence-electron chi connectivity index (χ1n) is 8.40. The number of aromatic nitrogens is 2. The number of carbonyl (C=O) groups is 1. The summed E-state index contributed by atoms with van der Waals surface area (Å²) in [6.45, 7) is 3.80. The molecule has 2 aromatic carbocycles. The molecule has 0 bridgehead atoms. The number of hydrogen-bond donors (Lipinski definition) is 2. The van der Waals surface area contributed by atoms with Crippen molar-refractivity contribution in [3.05, 3.63) is 69.5 Å². The van der Waals surface area contributed by atoms with Gasteiger partial charge in [0.05, 0.1) is 17.2 Å². The van der Waals surface area contributed by atoms with Crippen LogP contribution in [0.2, 0.25) is 10.0 Å². The van der Waals surface area contributed by atoms with Crippen LogP contribution < -0.4 is 15.4 Å².